The van der Waals surface area contributed by atoms with Crippen LogP contribution in [-0.2, 0) is 19.1 Å². The Hall–Kier alpha value is -3.07. The Morgan fingerprint density at radius 3 is 2.45 bits per heavy atom. The molecule has 0 saturated heterocycles. The molecule has 31 heavy (non-hydrogen) atoms. The summed E-state index contributed by atoms with van der Waals surface area (Å²) in [4.78, 5) is 36.7. The average molecular weight is 447 g/mol. The van der Waals surface area contributed by atoms with Crippen LogP contribution in [0.15, 0.2) is 59.5 Å². The minimum absolute atomic E-state index is 0.00596. The zero-order valence-corrected chi connectivity index (χ0v) is 18.6. The lowest BCUT2D eigenvalue weighted by Crippen LogP contribution is -2.32. The monoisotopic (exact) mass is 446 g/mol. The van der Waals surface area contributed by atoms with Gasteiger partial charge in [0.2, 0.25) is 0 Å². The Morgan fingerprint density at radius 1 is 1.23 bits per heavy atom. The minimum atomic E-state index is -0.871. The van der Waals surface area contributed by atoms with E-state index in [1.165, 1.54) is 24.3 Å². The van der Waals surface area contributed by atoms with Gasteiger partial charge in [-0.2, -0.15) is 11.8 Å². The summed E-state index contributed by atoms with van der Waals surface area (Å²) in [7, 11) is 0. The van der Waals surface area contributed by atoms with E-state index in [4.69, 9.17) is 9.47 Å². The Morgan fingerprint density at radius 2 is 1.87 bits per heavy atom. The van der Waals surface area contributed by atoms with Crippen molar-refractivity contribution in [2.45, 2.75) is 26.7 Å². The van der Waals surface area contributed by atoms with Crippen LogP contribution in [0.25, 0.3) is 0 Å². The molecule has 8 nitrogen and oxygen atoms in total. The molecule has 1 aromatic carbocycles. The summed E-state index contributed by atoms with van der Waals surface area (Å²) in [6, 6.07) is 5.88. The van der Waals surface area contributed by atoms with Crippen molar-refractivity contribution in [3.8, 4) is 0 Å². The highest BCUT2D eigenvalue weighted by molar-refractivity contribution is 7.99. The topological polar surface area (TPSA) is 108 Å². The maximum atomic E-state index is 13.0. The first-order chi connectivity index (χ1) is 14.8. The van der Waals surface area contributed by atoms with Crippen molar-refractivity contribution in [1.82, 2.24) is 5.32 Å². The summed E-state index contributed by atoms with van der Waals surface area (Å²) in [5.41, 5.74) is 1.72. The number of dihydropyridines is 1. The van der Waals surface area contributed by atoms with Crippen LogP contribution >= 0.6 is 11.8 Å². The fraction of sp³-hybridized carbons (Fsp3) is 0.364. The summed E-state index contributed by atoms with van der Waals surface area (Å²) in [6.07, 6.45) is 1.44. The highest BCUT2D eigenvalue weighted by atomic mass is 32.2. The number of nitro groups is 1. The van der Waals surface area contributed by atoms with E-state index >= 15 is 0 Å². The molecule has 0 spiro atoms. The second-order valence-electron chi connectivity index (χ2n) is 6.71. The molecule has 0 bridgehead atoms. The molecule has 166 valence electrons. The molecule has 0 saturated carbocycles. The van der Waals surface area contributed by atoms with E-state index in [9.17, 15) is 19.7 Å². The molecule has 1 atom stereocenters. The zero-order valence-electron chi connectivity index (χ0n) is 17.8. The normalized spacial score (nSPS) is 15.9. The number of allylic oxidation sites excluding steroid dienone is 2. The number of ether oxygens (including phenoxy) is 2. The van der Waals surface area contributed by atoms with E-state index in [1.54, 1.807) is 31.7 Å². The highest BCUT2D eigenvalue weighted by Crippen LogP contribution is 2.40. The second-order valence-corrected chi connectivity index (χ2v) is 8.10. The maximum absolute atomic E-state index is 13.0. The summed E-state index contributed by atoms with van der Waals surface area (Å²) in [6.45, 7) is 9.16. The smallest absolute Gasteiger partial charge is 0.337 e. The number of non-ortho nitro benzene ring substituents is 1. The Balaban J connectivity index is 2.53. The number of carbonyl (C=O) groups is 2. The molecule has 1 aliphatic heterocycles. The molecule has 0 aliphatic carbocycles. The molecular formula is C22H26N2O6S. The van der Waals surface area contributed by atoms with Crippen LogP contribution in [0, 0.1) is 10.1 Å². The third kappa shape index (κ3) is 5.97. The molecule has 2 rings (SSSR count). The van der Waals surface area contributed by atoms with Crippen molar-refractivity contribution in [2.75, 3.05) is 24.7 Å². The molecule has 0 amide bonds. The lowest BCUT2D eigenvalue weighted by molar-refractivity contribution is -0.384. The number of benzene rings is 1. The van der Waals surface area contributed by atoms with Crippen molar-refractivity contribution in [3.63, 3.8) is 0 Å². The number of nitrogens with one attached hydrogen (secondary N) is 1. The van der Waals surface area contributed by atoms with Crippen LogP contribution in [0.4, 0.5) is 5.69 Å². The molecule has 1 heterocycles. The van der Waals surface area contributed by atoms with Crippen LogP contribution in [0.1, 0.15) is 32.3 Å². The van der Waals surface area contributed by atoms with Crippen molar-refractivity contribution in [1.29, 1.82) is 0 Å². The van der Waals surface area contributed by atoms with Crippen molar-refractivity contribution in [2.24, 2.45) is 0 Å². The van der Waals surface area contributed by atoms with Crippen molar-refractivity contribution in [3.05, 3.63) is 75.1 Å². The molecule has 0 radical (unpaired) electrons. The van der Waals surface area contributed by atoms with Gasteiger partial charge in [-0.25, -0.2) is 9.59 Å². The number of carbonyl (C=O) groups excluding carboxylic acids is 2. The first-order valence-corrected chi connectivity index (χ1v) is 10.9. The third-order valence-corrected chi connectivity index (χ3v) is 5.48. The van der Waals surface area contributed by atoms with Crippen LogP contribution < -0.4 is 5.32 Å². The van der Waals surface area contributed by atoms with Crippen LogP contribution in [0.2, 0.25) is 0 Å². The first-order valence-electron chi connectivity index (χ1n) is 9.77. The van der Waals surface area contributed by atoms with Gasteiger partial charge >= 0.3 is 11.9 Å². The van der Waals surface area contributed by atoms with Gasteiger partial charge in [0.15, 0.2) is 0 Å². The van der Waals surface area contributed by atoms with Crippen molar-refractivity contribution < 1.29 is 24.0 Å². The van der Waals surface area contributed by atoms with Gasteiger partial charge in [0.1, 0.15) is 13.2 Å². The third-order valence-electron chi connectivity index (χ3n) is 4.61. The molecular weight excluding hydrogens is 420 g/mol. The number of nitro benzene ring substituents is 1. The SMILES string of the molecule is C=CCOC(=O)C1=C(C)NC(C)=C(C(=O)OCCSCC)[C@H]1c1cccc([N+](=O)[O-])c1. The lowest BCUT2D eigenvalue weighted by atomic mass is 9.80. The highest BCUT2D eigenvalue weighted by Gasteiger charge is 2.38. The van der Waals surface area contributed by atoms with Crippen LogP contribution in [-0.4, -0.2) is 41.6 Å². The van der Waals surface area contributed by atoms with E-state index in [-0.39, 0.29) is 30.0 Å². The number of thioether (sulfide) groups is 1. The first kappa shape index (κ1) is 24.2. The number of esters is 2. The molecule has 0 unspecified atom stereocenters. The van der Waals surface area contributed by atoms with Gasteiger partial charge in [-0.15, -0.1) is 0 Å². The van der Waals surface area contributed by atoms with Gasteiger partial charge < -0.3 is 14.8 Å². The second kappa shape index (κ2) is 11.4. The van der Waals surface area contributed by atoms with Crippen molar-refractivity contribution >= 4 is 29.4 Å². The van der Waals surface area contributed by atoms with Gasteiger partial charge in [0.05, 0.1) is 22.0 Å². The predicted molar refractivity (Wildman–Crippen MR) is 119 cm³/mol. The Bertz CT molecular complexity index is 938. The zero-order chi connectivity index (χ0) is 23.0. The van der Waals surface area contributed by atoms with Gasteiger partial charge in [-0.05, 0) is 25.2 Å². The summed E-state index contributed by atoms with van der Waals surface area (Å²) >= 11 is 1.64. The van der Waals surface area contributed by atoms with Crippen LogP contribution in [0.3, 0.4) is 0 Å². The summed E-state index contributed by atoms with van der Waals surface area (Å²) < 4.78 is 10.7. The molecule has 1 N–H and O–H groups in total. The number of hydrogen-bond donors (Lipinski definition) is 1. The lowest BCUT2D eigenvalue weighted by Gasteiger charge is -2.30. The van der Waals surface area contributed by atoms with E-state index in [0.29, 0.717) is 22.7 Å². The van der Waals surface area contributed by atoms with Gasteiger partial charge in [0.25, 0.3) is 5.69 Å². The molecule has 0 aromatic heterocycles. The molecule has 0 fully saturated rings. The van der Waals surface area contributed by atoms with Gasteiger partial charge in [-0.1, -0.05) is 31.7 Å². The van der Waals surface area contributed by atoms with E-state index in [2.05, 4.69) is 11.9 Å². The predicted octanol–water partition coefficient (Wildman–Crippen LogP) is 3.86. The average Bonchev–Trinajstić information content (AvgIpc) is 2.74. The quantitative estimate of drug-likeness (QED) is 0.190. The summed E-state index contributed by atoms with van der Waals surface area (Å²) in [5, 5.41) is 14.4. The van der Waals surface area contributed by atoms with Crippen LogP contribution in [0.5, 0.6) is 0 Å². The Labute approximate surface area is 185 Å². The van der Waals surface area contributed by atoms with Gasteiger partial charge in [0, 0.05) is 29.3 Å². The largest absolute Gasteiger partial charge is 0.461 e. The molecule has 9 heteroatoms. The number of hydrogen-bond acceptors (Lipinski definition) is 8. The maximum Gasteiger partial charge on any atom is 0.337 e. The molecule has 1 aromatic rings. The Kier molecular flexibility index (Phi) is 8.87. The fourth-order valence-corrected chi connectivity index (χ4v) is 3.80. The number of rotatable bonds is 10. The molecule has 1 aliphatic rings. The van der Waals surface area contributed by atoms with E-state index in [0.717, 1.165) is 5.75 Å². The fourth-order valence-electron chi connectivity index (χ4n) is 3.31. The number of nitrogens with zero attached hydrogens (tertiary/aromatic N) is 1. The van der Waals surface area contributed by atoms with E-state index in [1.807, 2.05) is 6.92 Å². The minimum Gasteiger partial charge on any atom is -0.461 e. The van der Waals surface area contributed by atoms with Gasteiger partial charge in [-0.3, -0.25) is 10.1 Å². The van der Waals surface area contributed by atoms with E-state index < -0.39 is 22.8 Å². The standard InChI is InChI=1S/C22H26N2O6S/c1-5-10-29-21(25)18-14(3)23-15(4)19(22(26)30-11-12-31-6-2)20(18)16-8-7-9-17(13-16)24(27)28/h5,7-9,13,20,23H,1,6,10-12H2,2-4H3/t20-/m0/s1. The summed E-state index contributed by atoms with van der Waals surface area (Å²) in [5.74, 6) is -0.546.